The van der Waals surface area contributed by atoms with Gasteiger partial charge < -0.3 is 20.3 Å². The van der Waals surface area contributed by atoms with Crippen LogP contribution in [-0.4, -0.2) is 41.1 Å². The second kappa shape index (κ2) is 13.9. The van der Waals surface area contributed by atoms with Crippen LogP contribution in [0.2, 0.25) is 0 Å². The highest BCUT2D eigenvalue weighted by molar-refractivity contribution is 5.74. The van der Waals surface area contributed by atoms with Gasteiger partial charge in [-0.2, -0.15) is 0 Å². The molecule has 1 saturated heterocycles. The number of likely N-dealkylation sites (tertiary alicyclic amines) is 1. The summed E-state index contributed by atoms with van der Waals surface area (Å²) in [6.45, 7) is 4.36. The zero-order chi connectivity index (χ0) is 29.5. The van der Waals surface area contributed by atoms with E-state index >= 15 is 0 Å². The molecule has 0 saturated carbocycles. The molecule has 0 aromatic heterocycles. The minimum atomic E-state index is -0.756. The summed E-state index contributed by atoms with van der Waals surface area (Å²) in [5.41, 5.74) is 13.6. The minimum absolute atomic E-state index is 0.305. The van der Waals surface area contributed by atoms with Crippen molar-refractivity contribution in [1.29, 1.82) is 0 Å². The lowest BCUT2D eigenvalue weighted by Crippen LogP contribution is -2.44. The molecule has 1 heterocycles. The molecule has 0 radical (unpaired) electrons. The van der Waals surface area contributed by atoms with Crippen molar-refractivity contribution < 1.29 is 24.2 Å². The second-order valence-corrected chi connectivity index (χ2v) is 11.5. The van der Waals surface area contributed by atoms with Crippen molar-refractivity contribution in [1.82, 2.24) is 4.90 Å². The number of ether oxygens (including phenoxy) is 2. The minimum Gasteiger partial charge on any atom is -0.493 e. The van der Waals surface area contributed by atoms with Gasteiger partial charge in [0.1, 0.15) is 24.1 Å². The van der Waals surface area contributed by atoms with E-state index in [0.717, 1.165) is 61.3 Å². The Kier molecular flexibility index (Phi) is 9.80. The molecule has 1 aliphatic heterocycles. The van der Waals surface area contributed by atoms with Gasteiger partial charge in [-0.25, -0.2) is 0 Å². The van der Waals surface area contributed by atoms with Gasteiger partial charge >= 0.3 is 5.97 Å². The first-order chi connectivity index (χ1) is 20.4. The molecule has 5 rings (SSSR count). The number of carboxylic acid groups (broad SMARTS) is 1. The van der Waals surface area contributed by atoms with Gasteiger partial charge in [0.2, 0.25) is 5.91 Å². The lowest BCUT2D eigenvalue weighted by Gasteiger charge is -2.34. The normalized spacial score (nSPS) is 16.6. The van der Waals surface area contributed by atoms with Crippen LogP contribution in [0.3, 0.4) is 0 Å². The number of carboxylic acids is 1. The molecular formula is C35H42N2O5. The third kappa shape index (κ3) is 6.96. The predicted molar refractivity (Wildman–Crippen MR) is 164 cm³/mol. The number of nitrogens with zero attached hydrogens (tertiary/aromatic N) is 1. The quantitative estimate of drug-likeness (QED) is 0.237. The monoisotopic (exact) mass is 570 g/mol. The second-order valence-electron chi connectivity index (χ2n) is 11.5. The van der Waals surface area contributed by atoms with Crippen LogP contribution in [0.1, 0.15) is 72.8 Å². The molecule has 0 bridgehead atoms. The van der Waals surface area contributed by atoms with Crippen molar-refractivity contribution in [3.8, 4) is 22.6 Å². The number of nitrogens with two attached hydrogens (primary N) is 1. The average molecular weight is 571 g/mol. The fourth-order valence-electron chi connectivity index (χ4n) is 6.39. The van der Waals surface area contributed by atoms with Crippen molar-refractivity contribution in [2.45, 2.75) is 83.9 Å². The van der Waals surface area contributed by atoms with E-state index in [1.165, 1.54) is 27.8 Å². The maximum absolute atomic E-state index is 12.1. The molecule has 1 amide bonds. The Morgan fingerprint density at radius 2 is 1.76 bits per heavy atom. The number of aliphatic carboxylic acids is 1. The smallest absolute Gasteiger partial charge is 0.320 e. The number of carbonyl (C=O) groups is 2. The molecule has 2 aliphatic rings. The van der Waals surface area contributed by atoms with E-state index in [1.54, 1.807) is 0 Å². The molecule has 222 valence electrons. The van der Waals surface area contributed by atoms with E-state index in [-0.39, 0.29) is 5.91 Å². The van der Waals surface area contributed by atoms with E-state index in [4.69, 9.17) is 15.2 Å². The SMILES string of the molecule is Cc1c(COc2cc(OCCCCC(N)=O)c(CN3CCCCC3C(=O)O)c3c2CCC3)cccc1-c1ccccc1. The molecule has 1 atom stereocenters. The number of primary amides is 1. The number of piperidine rings is 1. The van der Waals surface area contributed by atoms with Crippen molar-refractivity contribution in [3.05, 3.63) is 82.4 Å². The third-order valence-electron chi connectivity index (χ3n) is 8.69. The van der Waals surface area contributed by atoms with Crippen LogP contribution >= 0.6 is 0 Å². The highest BCUT2D eigenvalue weighted by atomic mass is 16.5. The molecule has 3 N–H and O–H groups in total. The molecular weight excluding hydrogens is 528 g/mol. The number of amides is 1. The molecule has 1 fully saturated rings. The molecule has 3 aromatic rings. The topological polar surface area (TPSA) is 102 Å². The first-order valence-electron chi connectivity index (χ1n) is 15.2. The zero-order valence-corrected chi connectivity index (χ0v) is 24.6. The van der Waals surface area contributed by atoms with Gasteiger partial charge in [0, 0.05) is 24.6 Å². The first kappa shape index (κ1) is 29.6. The number of unbranched alkanes of at least 4 members (excludes halogenated alkanes) is 1. The number of hydrogen-bond acceptors (Lipinski definition) is 5. The Balaban J connectivity index is 1.42. The Morgan fingerprint density at radius 3 is 2.55 bits per heavy atom. The molecule has 7 heteroatoms. The van der Waals surface area contributed by atoms with E-state index in [2.05, 4.69) is 54.3 Å². The zero-order valence-electron chi connectivity index (χ0n) is 24.6. The first-order valence-corrected chi connectivity index (χ1v) is 15.2. The number of fused-ring (bicyclic) bond motifs is 1. The number of rotatable bonds is 13. The summed E-state index contributed by atoms with van der Waals surface area (Å²) in [5, 5.41) is 9.90. The van der Waals surface area contributed by atoms with Crippen LogP contribution < -0.4 is 15.2 Å². The van der Waals surface area contributed by atoms with Gasteiger partial charge in [0.25, 0.3) is 0 Å². The Labute approximate surface area is 248 Å². The summed E-state index contributed by atoms with van der Waals surface area (Å²) in [6, 6.07) is 18.3. The van der Waals surface area contributed by atoms with Gasteiger partial charge in [0.05, 0.1) is 6.61 Å². The molecule has 42 heavy (non-hydrogen) atoms. The number of benzene rings is 3. The highest BCUT2D eigenvalue weighted by Gasteiger charge is 2.31. The van der Waals surface area contributed by atoms with Crippen molar-refractivity contribution in [2.24, 2.45) is 5.73 Å². The molecule has 1 aliphatic carbocycles. The summed E-state index contributed by atoms with van der Waals surface area (Å²) in [4.78, 5) is 25.3. The maximum atomic E-state index is 12.1. The Morgan fingerprint density at radius 1 is 0.952 bits per heavy atom. The average Bonchev–Trinajstić information content (AvgIpc) is 3.48. The number of carbonyl (C=O) groups excluding carboxylic acids is 1. The lowest BCUT2D eigenvalue weighted by molar-refractivity contribution is -0.144. The van der Waals surface area contributed by atoms with Crippen LogP contribution in [0.5, 0.6) is 11.5 Å². The fourth-order valence-corrected chi connectivity index (χ4v) is 6.39. The van der Waals surface area contributed by atoms with Crippen LogP contribution in [0, 0.1) is 6.92 Å². The Bertz CT molecular complexity index is 1400. The van der Waals surface area contributed by atoms with Gasteiger partial charge in [0.15, 0.2) is 0 Å². The molecule has 7 nitrogen and oxygen atoms in total. The van der Waals surface area contributed by atoms with Gasteiger partial charge in [-0.3, -0.25) is 14.5 Å². The maximum Gasteiger partial charge on any atom is 0.320 e. The van der Waals surface area contributed by atoms with Crippen molar-refractivity contribution in [2.75, 3.05) is 13.2 Å². The fraction of sp³-hybridized carbons (Fsp3) is 0.429. The van der Waals surface area contributed by atoms with Crippen LogP contribution in [0.25, 0.3) is 11.1 Å². The third-order valence-corrected chi connectivity index (χ3v) is 8.69. The van der Waals surface area contributed by atoms with Crippen LogP contribution in [0.4, 0.5) is 0 Å². The van der Waals surface area contributed by atoms with Crippen molar-refractivity contribution in [3.63, 3.8) is 0 Å². The Hall–Kier alpha value is -3.84. The molecule has 1 unspecified atom stereocenters. The summed E-state index contributed by atoms with van der Waals surface area (Å²) >= 11 is 0. The van der Waals surface area contributed by atoms with E-state index in [1.807, 2.05) is 12.1 Å². The van der Waals surface area contributed by atoms with E-state index < -0.39 is 12.0 Å². The highest BCUT2D eigenvalue weighted by Crippen LogP contribution is 2.41. The summed E-state index contributed by atoms with van der Waals surface area (Å²) in [5.74, 6) is 0.541. The van der Waals surface area contributed by atoms with Gasteiger partial charge in [-0.15, -0.1) is 0 Å². The number of hydrogen-bond donors (Lipinski definition) is 2. The lowest BCUT2D eigenvalue weighted by atomic mass is 9.96. The van der Waals surface area contributed by atoms with Crippen molar-refractivity contribution >= 4 is 11.9 Å². The van der Waals surface area contributed by atoms with Gasteiger partial charge in [-0.1, -0.05) is 55.0 Å². The van der Waals surface area contributed by atoms with Crippen LogP contribution in [0.15, 0.2) is 54.6 Å². The predicted octanol–water partition coefficient (Wildman–Crippen LogP) is 6.20. The van der Waals surface area contributed by atoms with Gasteiger partial charge in [-0.05, 0) is 91.8 Å². The summed E-state index contributed by atoms with van der Waals surface area (Å²) in [6.07, 6.45) is 7.21. The van der Waals surface area contributed by atoms with E-state index in [0.29, 0.717) is 45.4 Å². The van der Waals surface area contributed by atoms with E-state index in [9.17, 15) is 14.7 Å². The molecule has 0 spiro atoms. The largest absolute Gasteiger partial charge is 0.493 e. The molecule has 3 aromatic carbocycles. The summed E-state index contributed by atoms with van der Waals surface area (Å²) < 4.78 is 12.9. The van der Waals surface area contributed by atoms with Crippen LogP contribution in [-0.2, 0) is 35.6 Å². The standard InChI is InChI=1S/C35H42N2O5/c1-24-26(13-9-14-27(24)25-11-3-2-4-12-25)23-42-32-21-33(41-20-8-6-18-34(36)38)30(28-15-10-16-29(28)32)22-37-19-7-5-17-31(37)35(39)40/h2-4,9,11-14,21,31H,5-8,10,15-20,22-23H2,1H3,(H2,36,38)(H,39,40). The summed E-state index contributed by atoms with van der Waals surface area (Å²) in [7, 11) is 0.